The molecule has 7 heteroatoms. The number of aromatic nitrogens is 5. The Hall–Kier alpha value is -1.34. The van der Waals surface area contributed by atoms with Crippen molar-refractivity contribution in [2.75, 3.05) is 5.75 Å². The Morgan fingerprint density at radius 1 is 1.42 bits per heavy atom. The highest BCUT2D eigenvalue weighted by Gasteiger charge is 2.29. The van der Waals surface area contributed by atoms with Crippen LogP contribution in [0.5, 0.6) is 0 Å². The second-order valence-electron chi connectivity index (χ2n) is 4.72. The lowest BCUT2D eigenvalue weighted by molar-refractivity contribution is 0.263. The molecule has 0 radical (unpaired) electrons. The second-order valence-corrected chi connectivity index (χ2v) is 5.78. The number of nitrogens with zero attached hydrogens (tertiary/aromatic N) is 4. The Morgan fingerprint density at radius 3 is 3.00 bits per heavy atom. The number of thioether (sulfide) groups is 1. The van der Waals surface area contributed by atoms with Gasteiger partial charge in [0.05, 0.1) is 6.20 Å². The zero-order chi connectivity index (χ0) is 13.1. The number of hydrogen-bond donors (Lipinski definition) is 2. The van der Waals surface area contributed by atoms with E-state index in [0.29, 0.717) is 11.9 Å². The minimum Gasteiger partial charge on any atom is -0.388 e. The molecule has 0 spiro atoms. The van der Waals surface area contributed by atoms with E-state index in [2.05, 4.69) is 25.0 Å². The fourth-order valence-electron chi connectivity index (χ4n) is 2.07. The molecule has 2 N–H and O–H groups in total. The molecule has 6 nitrogen and oxygen atoms in total. The molecule has 2 heterocycles. The van der Waals surface area contributed by atoms with Gasteiger partial charge in [-0.05, 0) is 31.2 Å². The van der Waals surface area contributed by atoms with Crippen molar-refractivity contribution in [3.63, 3.8) is 0 Å². The molecule has 0 saturated heterocycles. The van der Waals surface area contributed by atoms with Gasteiger partial charge in [0, 0.05) is 18.0 Å². The van der Waals surface area contributed by atoms with E-state index in [0.717, 1.165) is 23.8 Å². The Balaban J connectivity index is 1.53. The third-order valence-corrected chi connectivity index (χ3v) is 4.21. The van der Waals surface area contributed by atoms with E-state index >= 15 is 0 Å². The van der Waals surface area contributed by atoms with Gasteiger partial charge in [-0.1, -0.05) is 11.8 Å². The molecular formula is C12H17N5OS. The van der Waals surface area contributed by atoms with Crippen molar-refractivity contribution in [3.8, 4) is 0 Å². The summed E-state index contributed by atoms with van der Waals surface area (Å²) in [6.45, 7) is -0.0287. The van der Waals surface area contributed by atoms with Crippen molar-refractivity contribution in [1.29, 1.82) is 0 Å². The Bertz CT molecular complexity index is 520. The first kappa shape index (κ1) is 12.7. The average Bonchev–Trinajstić information content (AvgIpc) is 2.98. The number of aryl methyl sites for hydroxylation is 1. The van der Waals surface area contributed by atoms with Crippen LogP contribution in [-0.4, -0.2) is 35.8 Å². The average molecular weight is 279 g/mol. The highest BCUT2D eigenvalue weighted by atomic mass is 32.2. The maximum atomic E-state index is 9.26. The minimum atomic E-state index is -0.0287. The molecule has 1 aliphatic rings. The maximum Gasteiger partial charge on any atom is 0.191 e. The highest BCUT2D eigenvalue weighted by molar-refractivity contribution is 7.99. The van der Waals surface area contributed by atoms with Crippen molar-refractivity contribution in [1.82, 2.24) is 25.0 Å². The molecular weight excluding hydrogens is 262 g/mol. The van der Waals surface area contributed by atoms with Crippen molar-refractivity contribution in [2.24, 2.45) is 0 Å². The van der Waals surface area contributed by atoms with Crippen LogP contribution < -0.4 is 0 Å². The van der Waals surface area contributed by atoms with E-state index in [1.54, 1.807) is 11.8 Å². The molecule has 102 valence electrons. The summed E-state index contributed by atoms with van der Waals surface area (Å²) in [6, 6.07) is 0.508. The maximum absolute atomic E-state index is 9.26. The highest BCUT2D eigenvalue weighted by Crippen LogP contribution is 2.38. The zero-order valence-corrected chi connectivity index (χ0v) is 11.4. The van der Waals surface area contributed by atoms with Gasteiger partial charge in [0.1, 0.15) is 6.61 Å². The summed E-state index contributed by atoms with van der Waals surface area (Å²) >= 11 is 1.72. The van der Waals surface area contributed by atoms with E-state index in [9.17, 15) is 5.11 Å². The first-order valence-corrected chi connectivity index (χ1v) is 7.52. The van der Waals surface area contributed by atoms with Gasteiger partial charge in [-0.2, -0.15) is 5.10 Å². The van der Waals surface area contributed by atoms with Crippen LogP contribution in [0.2, 0.25) is 0 Å². The second kappa shape index (κ2) is 5.75. The molecule has 2 aromatic rings. The lowest BCUT2D eigenvalue weighted by Gasteiger charge is -2.06. The molecule has 19 heavy (non-hydrogen) atoms. The summed E-state index contributed by atoms with van der Waals surface area (Å²) in [4.78, 5) is 0. The fourth-order valence-corrected chi connectivity index (χ4v) is 3.03. The molecule has 0 amide bonds. The first-order valence-electron chi connectivity index (χ1n) is 6.53. The molecule has 0 aromatic carbocycles. The number of nitrogens with one attached hydrogen (secondary N) is 1. The van der Waals surface area contributed by atoms with Crippen LogP contribution >= 0.6 is 11.8 Å². The SMILES string of the molecule is OCc1nnc(SCCCc2cn[nH]c2)n1C1CC1. The van der Waals surface area contributed by atoms with E-state index in [1.807, 2.05) is 12.4 Å². The molecule has 0 atom stereocenters. The molecule has 0 unspecified atom stereocenters. The van der Waals surface area contributed by atoms with Gasteiger partial charge in [-0.15, -0.1) is 10.2 Å². The molecule has 0 aliphatic heterocycles. The number of aliphatic hydroxyl groups is 1. The molecule has 1 aliphatic carbocycles. The quantitative estimate of drug-likeness (QED) is 0.594. The van der Waals surface area contributed by atoms with Crippen LogP contribution in [0, 0.1) is 0 Å². The van der Waals surface area contributed by atoms with Gasteiger partial charge < -0.3 is 9.67 Å². The fraction of sp³-hybridized carbons (Fsp3) is 0.583. The van der Waals surface area contributed by atoms with Crippen LogP contribution in [0.25, 0.3) is 0 Å². The summed E-state index contributed by atoms with van der Waals surface area (Å²) in [5.41, 5.74) is 1.24. The number of aliphatic hydroxyl groups excluding tert-OH is 1. The number of rotatable bonds is 7. The normalized spacial score (nSPS) is 15.0. The molecule has 1 saturated carbocycles. The van der Waals surface area contributed by atoms with Crippen LogP contribution in [0.1, 0.15) is 36.7 Å². The Morgan fingerprint density at radius 2 is 2.32 bits per heavy atom. The van der Waals surface area contributed by atoms with Gasteiger partial charge in [-0.3, -0.25) is 5.10 Å². The van der Waals surface area contributed by atoms with E-state index < -0.39 is 0 Å². The summed E-state index contributed by atoms with van der Waals surface area (Å²) in [7, 11) is 0. The van der Waals surface area contributed by atoms with Crippen LogP contribution in [-0.2, 0) is 13.0 Å². The van der Waals surface area contributed by atoms with Gasteiger partial charge in [-0.25, -0.2) is 0 Å². The smallest absolute Gasteiger partial charge is 0.191 e. The van der Waals surface area contributed by atoms with Gasteiger partial charge in [0.15, 0.2) is 11.0 Å². The van der Waals surface area contributed by atoms with Gasteiger partial charge in [0.2, 0.25) is 0 Å². The van der Waals surface area contributed by atoms with Crippen molar-refractivity contribution >= 4 is 11.8 Å². The van der Waals surface area contributed by atoms with Crippen LogP contribution in [0.3, 0.4) is 0 Å². The van der Waals surface area contributed by atoms with E-state index in [-0.39, 0.29) is 6.61 Å². The van der Waals surface area contributed by atoms with Crippen LogP contribution in [0.15, 0.2) is 17.6 Å². The number of H-pyrrole nitrogens is 1. The summed E-state index contributed by atoms with van der Waals surface area (Å²) in [5, 5.41) is 25.2. The van der Waals surface area contributed by atoms with Crippen molar-refractivity contribution in [3.05, 3.63) is 23.8 Å². The zero-order valence-electron chi connectivity index (χ0n) is 10.6. The lowest BCUT2D eigenvalue weighted by atomic mass is 10.2. The van der Waals surface area contributed by atoms with E-state index in [1.165, 1.54) is 18.4 Å². The summed E-state index contributed by atoms with van der Waals surface area (Å²) < 4.78 is 2.10. The topological polar surface area (TPSA) is 79.6 Å². The lowest BCUT2D eigenvalue weighted by Crippen LogP contribution is -2.03. The third-order valence-electron chi connectivity index (χ3n) is 3.18. The first-order chi connectivity index (χ1) is 9.38. The number of aromatic amines is 1. The standard InChI is InChI=1S/C12H17N5OS/c18-8-11-15-16-12(17(11)10-3-4-10)19-5-1-2-9-6-13-14-7-9/h6-7,10,18H,1-5,8H2,(H,13,14). The third kappa shape index (κ3) is 2.98. The minimum absolute atomic E-state index is 0.0287. The summed E-state index contributed by atoms with van der Waals surface area (Å²) in [6.07, 6.45) is 8.24. The predicted octanol–water partition coefficient (Wildman–Crippen LogP) is 1.55. The predicted molar refractivity (Wildman–Crippen MR) is 71.8 cm³/mol. The Labute approximate surface area is 115 Å². The van der Waals surface area contributed by atoms with Crippen molar-refractivity contribution in [2.45, 2.75) is 43.5 Å². The van der Waals surface area contributed by atoms with Gasteiger partial charge in [0.25, 0.3) is 0 Å². The Kier molecular flexibility index (Phi) is 3.84. The molecule has 1 fully saturated rings. The molecule has 2 aromatic heterocycles. The van der Waals surface area contributed by atoms with Crippen molar-refractivity contribution < 1.29 is 5.11 Å². The van der Waals surface area contributed by atoms with Crippen LogP contribution in [0.4, 0.5) is 0 Å². The molecule has 0 bridgehead atoms. The summed E-state index contributed by atoms with van der Waals surface area (Å²) in [5.74, 6) is 1.70. The largest absolute Gasteiger partial charge is 0.388 e. The monoisotopic (exact) mass is 279 g/mol. The van der Waals surface area contributed by atoms with Gasteiger partial charge >= 0.3 is 0 Å². The van der Waals surface area contributed by atoms with E-state index in [4.69, 9.17) is 0 Å². The number of hydrogen-bond acceptors (Lipinski definition) is 5. The molecule has 3 rings (SSSR count).